The molecule has 1 nitrogen and oxygen atoms in total. The van der Waals surface area contributed by atoms with E-state index in [4.69, 9.17) is 11.6 Å². The molecule has 0 fully saturated rings. The van der Waals surface area contributed by atoms with Gasteiger partial charge < -0.3 is 4.79 Å². The van der Waals surface area contributed by atoms with E-state index in [0.29, 0.717) is 5.92 Å². The fourth-order valence-corrected chi connectivity index (χ4v) is 0.537. The normalized spacial score (nSPS) is 17.4. The van der Waals surface area contributed by atoms with Gasteiger partial charge in [-0.05, 0) is 5.92 Å². The van der Waals surface area contributed by atoms with Gasteiger partial charge >= 0.3 is 0 Å². The molecule has 0 rings (SSSR count). The molecule has 0 spiro atoms. The van der Waals surface area contributed by atoms with Gasteiger partial charge in [0, 0.05) is 0 Å². The smallest absolute Gasteiger partial charge is 0.138 e. The van der Waals surface area contributed by atoms with Crippen molar-refractivity contribution >= 4 is 17.9 Å². The van der Waals surface area contributed by atoms with Gasteiger partial charge in [-0.25, -0.2) is 0 Å². The molecular weight excluding hydrogens is 124 g/mol. The molecule has 0 aromatic rings. The molecule has 0 aliphatic rings. The molecule has 2 atom stereocenters. The Kier molecular flexibility index (Phi) is 3.88. The summed E-state index contributed by atoms with van der Waals surface area (Å²) in [4.78, 5) is 9.97. The summed E-state index contributed by atoms with van der Waals surface area (Å²) in [6, 6.07) is 0. The quantitative estimate of drug-likeness (QED) is 0.425. The van der Waals surface area contributed by atoms with E-state index in [2.05, 4.69) is 0 Å². The van der Waals surface area contributed by atoms with Crippen LogP contribution in [0.25, 0.3) is 0 Å². The number of alkyl halides is 1. The number of hydrogen-bond donors (Lipinski definition) is 0. The first-order valence-electron chi connectivity index (χ1n) is 2.81. The second-order valence-electron chi connectivity index (χ2n) is 1.97. The zero-order valence-corrected chi connectivity index (χ0v) is 5.98. The van der Waals surface area contributed by atoms with Gasteiger partial charge in [-0.2, -0.15) is 0 Å². The summed E-state index contributed by atoms with van der Waals surface area (Å²) in [7, 11) is 0. The minimum atomic E-state index is -0.292. The monoisotopic (exact) mass is 134 g/mol. The summed E-state index contributed by atoms with van der Waals surface area (Å²) in [5.41, 5.74) is 0. The van der Waals surface area contributed by atoms with Crippen LogP contribution in [0.15, 0.2) is 0 Å². The van der Waals surface area contributed by atoms with Crippen LogP contribution in [0.2, 0.25) is 0 Å². The second kappa shape index (κ2) is 3.90. The first kappa shape index (κ1) is 7.96. The number of aldehydes is 1. The summed E-state index contributed by atoms with van der Waals surface area (Å²) in [5.74, 6) is 0.314. The van der Waals surface area contributed by atoms with Gasteiger partial charge in [-0.15, -0.1) is 11.6 Å². The molecule has 2 unspecified atom stereocenters. The van der Waals surface area contributed by atoms with Gasteiger partial charge in [0.15, 0.2) is 0 Å². The Morgan fingerprint density at radius 2 is 2.25 bits per heavy atom. The summed E-state index contributed by atoms with van der Waals surface area (Å²) in [6.45, 7) is 3.98. The van der Waals surface area contributed by atoms with Crippen LogP contribution in [0.3, 0.4) is 0 Å². The van der Waals surface area contributed by atoms with E-state index < -0.39 is 0 Å². The van der Waals surface area contributed by atoms with Crippen molar-refractivity contribution in [1.29, 1.82) is 0 Å². The number of carbonyl (C=O) groups is 1. The third-order valence-electron chi connectivity index (χ3n) is 1.32. The van der Waals surface area contributed by atoms with E-state index in [9.17, 15) is 4.79 Å². The number of carbonyl (C=O) groups excluding carboxylic acids is 1. The van der Waals surface area contributed by atoms with Crippen molar-refractivity contribution in [2.75, 3.05) is 0 Å². The molecule has 0 radical (unpaired) electrons. The van der Waals surface area contributed by atoms with Gasteiger partial charge in [-0.3, -0.25) is 0 Å². The Hall–Kier alpha value is -0.0400. The molecule has 0 aliphatic carbocycles. The lowest BCUT2D eigenvalue weighted by atomic mass is 10.1. The molecule has 0 amide bonds. The minimum Gasteiger partial charge on any atom is -0.302 e. The highest BCUT2D eigenvalue weighted by molar-refractivity contribution is 6.27. The zero-order chi connectivity index (χ0) is 6.57. The van der Waals surface area contributed by atoms with Gasteiger partial charge in [0.25, 0.3) is 0 Å². The lowest BCUT2D eigenvalue weighted by molar-refractivity contribution is -0.108. The minimum absolute atomic E-state index is 0.292. The summed E-state index contributed by atoms with van der Waals surface area (Å²) in [5, 5.41) is -0.292. The first-order chi connectivity index (χ1) is 3.72. The van der Waals surface area contributed by atoms with Crippen molar-refractivity contribution in [3.8, 4) is 0 Å². The molecule has 0 aromatic heterocycles. The van der Waals surface area contributed by atoms with E-state index >= 15 is 0 Å². The van der Waals surface area contributed by atoms with Crippen LogP contribution in [-0.2, 0) is 4.79 Å². The molecule has 0 aromatic carbocycles. The van der Waals surface area contributed by atoms with Crippen molar-refractivity contribution in [2.24, 2.45) is 5.92 Å². The van der Waals surface area contributed by atoms with Crippen molar-refractivity contribution < 1.29 is 4.79 Å². The Labute approximate surface area is 55.0 Å². The average Bonchev–Trinajstić information content (AvgIpc) is 1.84. The standard InChI is InChI=1S/C6H11ClO/c1-3-5(2)6(7)4-8/h4-6H,3H2,1-2H3. The maximum atomic E-state index is 9.97. The van der Waals surface area contributed by atoms with Crippen LogP contribution in [0.5, 0.6) is 0 Å². The number of hydrogen-bond acceptors (Lipinski definition) is 1. The molecule has 0 heterocycles. The van der Waals surface area contributed by atoms with Gasteiger partial charge in [0.1, 0.15) is 6.29 Å². The summed E-state index contributed by atoms with van der Waals surface area (Å²) >= 11 is 5.55. The SMILES string of the molecule is CCC(C)C(Cl)C=O. The van der Waals surface area contributed by atoms with Crippen molar-refractivity contribution in [3.63, 3.8) is 0 Å². The predicted molar refractivity (Wildman–Crippen MR) is 35.2 cm³/mol. The van der Waals surface area contributed by atoms with Crippen LogP contribution in [0, 0.1) is 5.92 Å². The summed E-state index contributed by atoms with van der Waals surface area (Å²) in [6.07, 6.45) is 1.75. The van der Waals surface area contributed by atoms with Crippen LogP contribution in [0.4, 0.5) is 0 Å². The number of halogens is 1. The van der Waals surface area contributed by atoms with Gasteiger partial charge in [-0.1, -0.05) is 20.3 Å². The topological polar surface area (TPSA) is 17.1 Å². The van der Waals surface area contributed by atoms with Crippen molar-refractivity contribution in [2.45, 2.75) is 25.6 Å². The molecule has 0 N–H and O–H groups in total. The molecule has 8 heavy (non-hydrogen) atoms. The highest BCUT2D eigenvalue weighted by Gasteiger charge is 2.09. The maximum Gasteiger partial charge on any atom is 0.138 e. The maximum absolute atomic E-state index is 9.97. The van der Waals surface area contributed by atoms with Crippen LogP contribution >= 0.6 is 11.6 Å². The van der Waals surface area contributed by atoms with Gasteiger partial charge in [0.05, 0.1) is 5.38 Å². The van der Waals surface area contributed by atoms with E-state index in [0.717, 1.165) is 12.7 Å². The van der Waals surface area contributed by atoms with E-state index in [-0.39, 0.29) is 5.38 Å². The number of rotatable bonds is 3. The van der Waals surface area contributed by atoms with Crippen LogP contribution in [0.1, 0.15) is 20.3 Å². The Morgan fingerprint density at radius 3 is 2.38 bits per heavy atom. The first-order valence-corrected chi connectivity index (χ1v) is 3.25. The lowest BCUT2D eigenvalue weighted by Gasteiger charge is -2.07. The largest absolute Gasteiger partial charge is 0.302 e. The predicted octanol–water partition coefficient (Wildman–Crippen LogP) is 1.84. The fraction of sp³-hybridized carbons (Fsp3) is 0.833. The average molecular weight is 135 g/mol. The third-order valence-corrected chi connectivity index (χ3v) is 1.85. The second-order valence-corrected chi connectivity index (χ2v) is 2.47. The van der Waals surface area contributed by atoms with Gasteiger partial charge in [0.2, 0.25) is 0 Å². The molecule has 0 saturated heterocycles. The zero-order valence-electron chi connectivity index (χ0n) is 5.23. The highest BCUT2D eigenvalue weighted by atomic mass is 35.5. The Bertz CT molecular complexity index is 72.9. The summed E-state index contributed by atoms with van der Waals surface area (Å²) < 4.78 is 0. The molecule has 2 heteroatoms. The lowest BCUT2D eigenvalue weighted by Crippen LogP contribution is -2.10. The fourth-order valence-electron chi connectivity index (χ4n) is 0.359. The molecular formula is C6H11ClO. The molecule has 48 valence electrons. The van der Waals surface area contributed by atoms with Crippen LogP contribution in [-0.4, -0.2) is 11.7 Å². The third kappa shape index (κ3) is 2.31. The van der Waals surface area contributed by atoms with E-state index in [1.165, 1.54) is 0 Å². The van der Waals surface area contributed by atoms with Crippen molar-refractivity contribution in [3.05, 3.63) is 0 Å². The Morgan fingerprint density at radius 1 is 1.75 bits per heavy atom. The highest BCUT2D eigenvalue weighted by Crippen LogP contribution is 2.10. The Balaban J connectivity index is 3.44. The van der Waals surface area contributed by atoms with Crippen LogP contribution < -0.4 is 0 Å². The molecule has 0 bridgehead atoms. The molecule has 0 saturated carbocycles. The van der Waals surface area contributed by atoms with E-state index in [1.54, 1.807) is 0 Å². The van der Waals surface area contributed by atoms with E-state index in [1.807, 2.05) is 13.8 Å². The van der Waals surface area contributed by atoms with Crippen molar-refractivity contribution in [1.82, 2.24) is 0 Å². The molecule has 0 aliphatic heterocycles.